The van der Waals surface area contributed by atoms with Crippen molar-refractivity contribution in [2.24, 2.45) is 0 Å². The molecule has 2 atom stereocenters. The monoisotopic (exact) mass is 552 g/mol. The van der Waals surface area contributed by atoms with Crippen LogP contribution in [0.3, 0.4) is 0 Å². The first-order chi connectivity index (χ1) is 16.0. The SMILES string of the molecule is CC[C@@H](C)NC(=O)[C@H](C)N(Cc1ccc(Br)cc1)C(=O)CN(c1ccccc1)S(=O)(=O)N(C)C. The van der Waals surface area contributed by atoms with Gasteiger partial charge >= 0.3 is 10.2 Å². The molecule has 186 valence electrons. The molecule has 0 spiro atoms. The number of nitrogens with one attached hydrogen (secondary N) is 1. The van der Waals surface area contributed by atoms with Crippen LogP contribution in [0.15, 0.2) is 59.1 Å². The molecule has 0 fully saturated rings. The van der Waals surface area contributed by atoms with E-state index in [1.807, 2.05) is 38.1 Å². The van der Waals surface area contributed by atoms with E-state index in [4.69, 9.17) is 0 Å². The molecule has 0 saturated heterocycles. The second-order valence-electron chi connectivity index (χ2n) is 8.27. The molecule has 0 aliphatic carbocycles. The Balaban J connectivity index is 2.41. The van der Waals surface area contributed by atoms with Gasteiger partial charge in [0.2, 0.25) is 11.8 Å². The molecule has 0 bridgehead atoms. The number of amides is 2. The average Bonchev–Trinajstić information content (AvgIpc) is 2.81. The van der Waals surface area contributed by atoms with E-state index in [1.54, 1.807) is 37.3 Å². The number of para-hydroxylation sites is 1. The maximum absolute atomic E-state index is 13.6. The number of carbonyl (C=O) groups is 2. The molecule has 34 heavy (non-hydrogen) atoms. The first-order valence-electron chi connectivity index (χ1n) is 11.1. The number of halogens is 1. The summed E-state index contributed by atoms with van der Waals surface area (Å²) >= 11 is 3.40. The summed E-state index contributed by atoms with van der Waals surface area (Å²) in [6.45, 7) is 5.23. The molecular weight excluding hydrogens is 520 g/mol. The van der Waals surface area contributed by atoms with E-state index in [0.717, 1.165) is 25.1 Å². The third-order valence-electron chi connectivity index (χ3n) is 5.50. The van der Waals surface area contributed by atoms with Gasteiger partial charge in [0.05, 0.1) is 5.69 Å². The van der Waals surface area contributed by atoms with Crippen LogP contribution in [0.4, 0.5) is 5.69 Å². The summed E-state index contributed by atoms with van der Waals surface area (Å²) in [6, 6.07) is 15.0. The Morgan fingerprint density at radius 3 is 2.12 bits per heavy atom. The fourth-order valence-corrected chi connectivity index (χ4v) is 4.47. The fraction of sp³-hybridized carbons (Fsp3) is 0.417. The van der Waals surface area contributed by atoms with Crippen LogP contribution in [0, 0.1) is 0 Å². The van der Waals surface area contributed by atoms with E-state index >= 15 is 0 Å². The molecule has 2 aromatic rings. The van der Waals surface area contributed by atoms with Crippen molar-refractivity contribution in [1.82, 2.24) is 14.5 Å². The lowest BCUT2D eigenvalue weighted by Crippen LogP contribution is -2.53. The number of benzene rings is 2. The van der Waals surface area contributed by atoms with Gasteiger partial charge in [-0.25, -0.2) is 4.31 Å². The van der Waals surface area contributed by atoms with Crippen LogP contribution in [0.1, 0.15) is 32.8 Å². The Kier molecular flexibility index (Phi) is 10.1. The van der Waals surface area contributed by atoms with Gasteiger partial charge in [-0.3, -0.25) is 9.59 Å². The number of anilines is 1. The quantitative estimate of drug-likeness (QED) is 0.462. The van der Waals surface area contributed by atoms with Gasteiger partial charge in [0, 0.05) is 31.2 Å². The van der Waals surface area contributed by atoms with Crippen molar-refractivity contribution in [1.29, 1.82) is 0 Å². The Morgan fingerprint density at radius 2 is 1.59 bits per heavy atom. The highest BCUT2D eigenvalue weighted by Gasteiger charge is 2.32. The number of hydrogen-bond acceptors (Lipinski definition) is 4. The molecule has 2 amide bonds. The normalized spacial score (nSPS) is 13.3. The minimum absolute atomic E-state index is 0.0467. The van der Waals surface area contributed by atoms with E-state index in [-0.39, 0.29) is 18.5 Å². The number of carbonyl (C=O) groups excluding carboxylic acids is 2. The summed E-state index contributed by atoms with van der Waals surface area (Å²) in [6.07, 6.45) is 0.752. The Hall–Kier alpha value is -2.43. The molecule has 0 aromatic heterocycles. The third-order valence-corrected chi connectivity index (χ3v) is 7.85. The number of hydrogen-bond donors (Lipinski definition) is 1. The molecule has 0 saturated carbocycles. The third kappa shape index (κ3) is 7.28. The summed E-state index contributed by atoms with van der Waals surface area (Å²) in [5, 5.41) is 2.91. The van der Waals surface area contributed by atoms with Crippen molar-refractivity contribution < 1.29 is 18.0 Å². The fourth-order valence-electron chi connectivity index (χ4n) is 3.15. The van der Waals surface area contributed by atoms with Gasteiger partial charge in [0.1, 0.15) is 12.6 Å². The smallest absolute Gasteiger partial charge is 0.304 e. The van der Waals surface area contributed by atoms with E-state index in [2.05, 4.69) is 21.2 Å². The van der Waals surface area contributed by atoms with Gasteiger partial charge in [0.15, 0.2) is 0 Å². The highest BCUT2D eigenvalue weighted by atomic mass is 79.9. The van der Waals surface area contributed by atoms with Gasteiger partial charge in [0.25, 0.3) is 0 Å². The molecule has 0 unspecified atom stereocenters. The minimum Gasteiger partial charge on any atom is -0.352 e. The zero-order valence-electron chi connectivity index (χ0n) is 20.2. The van der Waals surface area contributed by atoms with Crippen LogP contribution in [0.5, 0.6) is 0 Å². The molecule has 1 N–H and O–H groups in total. The second kappa shape index (κ2) is 12.3. The molecule has 0 heterocycles. The van der Waals surface area contributed by atoms with Crippen molar-refractivity contribution >= 4 is 43.6 Å². The molecule has 0 aliphatic heterocycles. The van der Waals surface area contributed by atoms with Crippen LogP contribution >= 0.6 is 15.9 Å². The highest BCUT2D eigenvalue weighted by Crippen LogP contribution is 2.21. The van der Waals surface area contributed by atoms with Crippen molar-refractivity contribution in [2.45, 2.75) is 45.8 Å². The summed E-state index contributed by atoms with van der Waals surface area (Å²) in [5.74, 6) is -0.773. The Morgan fingerprint density at radius 1 is 1.00 bits per heavy atom. The minimum atomic E-state index is -3.96. The van der Waals surface area contributed by atoms with Crippen LogP contribution in [0.25, 0.3) is 0 Å². The molecule has 0 aliphatic rings. The predicted octanol–water partition coefficient (Wildman–Crippen LogP) is 3.39. The molecule has 2 aromatic carbocycles. The highest BCUT2D eigenvalue weighted by molar-refractivity contribution is 9.10. The van der Waals surface area contributed by atoms with Crippen LogP contribution in [-0.2, 0) is 26.3 Å². The van der Waals surface area contributed by atoms with E-state index in [1.165, 1.54) is 19.0 Å². The van der Waals surface area contributed by atoms with Crippen molar-refractivity contribution in [2.75, 3.05) is 24.9 Å². The van der Waals surface area contributed by atoms with Gasteiger partial charge in [-0.1, -0.05) is 53.2 Å². The van der Waals surface area contributed by atoms with Crippen LogP contribution < -0.4 is 9.62 Å². The maximum atomic E-state index is 13.6. The van der Waals surface area contributed by atoms with Crippen molar-refractivity contribution in [3.63, 3.8) is 0 Å². The van der Waals surface area contributed by atoms with Crippen LogP contribution in [-0.4, -0.2) is 62.2 Å². The summed E-state index contributed by atoms with van der Waals surface area (Å²) in [5.41, 5.74) is 1.19. The molecule has 0 radical (unpaired) electrons. The number of rotatable bonds is 11. The molecular formula is C24H33BrN4O4S. The second-order valence-corrected chi connectivity index (χ2v) is 11.3. The predicted molar refractivity (Wildman–Crippen MR) is 138 cm³/mol. The zero-order chi connectivity index (χ0) is 25.5. The van der Waals surface area contributed by atoms with Crippen molar-refractivity contribution in [3.8, 4) is 0 Å². The lowest BCUT2D eigenvalue weighted by Gasteiger charge is -2.33. The topological polar surface area (TPSA) is 90.0 Å². The molecule has 10 heteroatoms. The van der Waals surface area contributed by atoms with Gasteiger partial charge in [-0.2, -0.15) is 12.7 Å². The lowest BCUT2D eigenvalue weighted by atomic mass is 10.1. The number of nitrogens with zero attached hydrogens (tertiary/aromatic N) is 3. The largest absolute Gasteiger partial charge is 0.352 e. The first kappa shape index (κ1) is 27.8. The average molecular weight is 554 g/mol. The summed E-state index contributed by atoms with van der Waals surface area (Å²) in [7, 11) is -1.13. The van der Waals surface area contributed by atoms with Gasteiger partial charge in [-0.15, -0.1) is 0 Å². The van der Waals surface area contributed by atoms with Crippen LogP contribution in [0.2, 0.25) is 0 Å². The standard InChI is InChI=1S/C24H33BrN4O4S/c1-6-18(2)26-24(31)19(3)28(16-20-12-14-21(25)15-13-20)23(30)17-29(34(32,33)27(4)5)22-10-8-7-9-11-22/h7-15,18-19H,6,16-17H2,1-5H3,(H,26,31)/t18-,19+/m1/s1. The van der Waals surface area contributed by atoms with E-state index in [9.17, 15) is 18.0 Å². The Labute approximate surface area is 211 Å². The van der Waals surface area contributed by atoms with E-state index < -0.39 is 28.7 Å². The zero-order valence-corrected chi connectivity index (χ0v) is 22.6. The van der Waals surface area contributed by atoms with Gasteiger partial charge in [-0.05, 0) is 50.1 Å². The molecule has 8 nitrogen and oxygen atoms in total. The summed E-state index contributed by atoms with van der Waals surface area (Å²) < 4.78 is 29.2. The van der Waals surface area contributed by atoms with Gasteiger partial charge < -0.3 is 10.2 Å². The maximum Gasteiger partial charge on any atom is 0.304 e. The summed E-state index contributed by atoms with van der Waals surface area (Å²) in [4.78, 5) is 27.9. The first-order valence-corrected chi connectivity index (χ1v) is 13.3. The lowest BCUT2D eigenvalue weighted by molar-refractivity contribution is -0.139. The Bertz CT molecular complexity index is 1060. The molecule has 2 rings (SSSR count). The van der Waals surface area contributed by atoms with Crippen molar-refractivity contribution in [3.05, 3.63) is 64.6 Å². The van der Waals surface area contributed by atoms with E-state index in [0.29, 0.717) is 5.69 Å².